The molecule has 0 saturated heterocycles. The van der Waals surface area contributed by atoms with Crippen molar-refractivity contribution in [1.29, 1.82) is 0 Å². The molecule has 2 saturated carbocycles. The van der Waals surface area contributed by atoms with E-state index in [0.29, 0.717) is 0 Å². The second-order valence-corrected chi connectivity index (χ2v) is 6.49. The van der Waals surface area contributed by atoms with Gasteiger partial charge in [0.25, 0.3) is 0 Å². The zero-order chi connectivity index (χ0) is 11.6. The Kier molecular flexibility index (Phi) is 3.60. The van der Waals surface area contributed by atoms with Gasteiger partial charge in [-0.3, -0.25) is 0 Å². The first-order chi connectivity index (χ1) is 7.52. The Morgan fingerprint density at radius 1 is 1.12 bits per heavy atom. The van der Waals surface area contributed by atoms with Crippen LogP contribution in [0.15, 0.2) is 0 Å². The van der Waals surface area contributed by atoms with E-state index in [4.69, 9.17) is 0 Å². The van der Waals surface area contributed by atoms with E-state index >= 15 is 0 Å². The highest BCUT2D eigenvalue weighted by Gasteiger charge is 2.39. The molecule has 0 bridgehead atoms. The highest BCUT2D eigenvalue weighted by Crippen LogP contribution is 2.39. The van der Waals surface area contributed by atoms with Crippen molar-refractivity contribution in [3.05, 3.63) is 0 Å². The van der Waals surface area contributed by atoms with Gasteiger partial charge in [-0.15, -0.1) is 0 Å². The lowest BCUT2D eigenvalue weighted by Crippen LogP contribution is -2.50. The number of hydrogen-bond acceptors (Lipinski definition) is 2. The van der Waals surface area contributed by atoms with Crippen LogP contribution in [0.4, 0.5) is 0 Å². The average molecular weight is 225 g/mol. The van der Waals surface area contributed by atoms with Gasteiger partial charge in [0.15, 0.2) is 0 Å². The van der Waals surface area contributed by atoms with Crippen LogP contribution in [0.1, 0.15) is 65.2 Å². The van der Waals surface area contributed by atoms with Crippen molar-refractivity contribution in [3.63, 3.8) is 0 Å². The van der Waals surface area contributed by atoms with Crippen molar-refractivity contribution < 1.29 is 5.11 Å². The molecule has 0 aromatic heterocycles. The summed E-state index contributed by atoms with van der Waals surface area (Å²) in [5, 5.41) is 14.2. The second-order valence-electron chi connectivity index (χ2n) is 6.49. The Morgan fingerprint density at radius 3 is 2.19 bits per heavy atom. The first-order valence-electron chi connectivity index (χ1n) is 6.99. The number of nitrogens with one attached hydrogen (secondary N) is 1. The van der Waals surface area contributed by atoms with Crippen LogP contribution in [0.25, 0.3) is 0 Å². The van der Waals surface area contributed by atoms with Crippen molar-refractivity contribution >= 4 is 0 Å². The standard InChI is InChI=1S/C14H27NO/c1-13(2,12-7-8-12)15-11-14(16)9-5-3-4-6-10-14/h12,15-16H,3-11H2,1-2H3. The average Bonchev–Trinajstić information content (AvgIpc) is 3.02. The summed E-state index contributed by atoms with van der Waals surface area (Å²) in [5.41, 5.74) is -0.204. The number of β-amino-alcohol motifs (C(OH)–C–C–N with tert-alkyl or cyclic N) is 1. The molecule has 0 aromatic rings. The fourth-order valence-electron chi connectivity index (χ4n) is 2.91. The maximum absolute atomic E-state index is 10.6. The lowest BCUT2D eigenvalue weighted by Gasteiger charge is -2.34. The third kappa shape index (κ3) is 3.21. The van der Waals surface area contributed by atoms with Gasteiger partial charge in [0.05, 0.1) is 5.60 Å². The molecule has 2 fully saturated rings. The maximum Gasteiger partial charge on any atom is 0.0771 e. The lowest BCUT2D eigenvalue weighted by molar-refractivity contribution is 0.0177. The Hall–Kier alpha value is -0.0800. The minimum absolute atomic E-state index is 0.224. The molecular weight excluding hydrogens is 198 g/mol. The van der Waals surface area contributed by atoms with Crippen LogP contribution < -0.4 is 5.32 Å². The van der Waals surface area contributed by atoms with Crippen LogP contribution in [0.5, 0.6) is 0 Å². The highest BCUT2D eigenvalue weighted by atomic mass is 16.3. The second kappa shape index (κ2) is 4.66. The smallest absolute Gasteiger partial charge is 0.0771 e. The van der Waals surface area contributed by atoms with Gasteiger partial charge in [0, 0.05) is 12.1 Å². The maximum atomic E-state index is 10.6. The van der Waals surface area contributed by atoms with Gasteiger partial charge in [-0.25, -0.2) is 0 Å². The third-order valence-electron chi connectivity index (χ3n) is 4.51. The lowest BCUT2D eigenvalue weighted by atomic mass is 9.91. The molecule has 0 heterocycles. The van der Waals surface area contributed by atoms with Crippen molar-refractivity contribution in [2.75, 3.05) is 6.54 Å². The predicted molar refractivity (Wildman–Crippen MR) is 67.5 cm³/mol. The zero-order valence-electron chi connectivity index (χ0n) is 10.9. The molecule has 2 aliphatic carbocycles. The largest absolute Gasteiger partial charge is 0.389 e. The molecule has 0 atom stereocenters. The van der Waals surface area contributed by atoms with E-state index in [1.165, 1.54) is 38.5 Å². The summed E-state index contributed by atoms with van der Waals surface area (Å²) >= 11 is 0. The Bertz CT molecular complexity index is 225. The Balaban J connectivity index is 1.82. The molecule has 0 unspecified atom stereocenters. The zero-order valence-corrected chi connectivity index (χ0v) is 10.9. The molecule has 2 N–H and O–H groups in total. The van der Waals surface area contributed by atoms with E-state index in [0.717, 1.165) is 25.3 Å². The summed E-state index contributed by atoms with van der Waals surface area (Å²) in [6.07, 6.45) is 9.69. The molecule has 2 rings (SSSR count). The van der Waals surface area contributed by atoms with Gasteiger partial charge in [-0.05, 0) is 45.4 Å². The van der Waals surface area contributed by atoms with Crippen LogP contribution in [0.3, 0.4) is 0 Å². The van der Waals surface area contributed by atoms with Gasteiger partial charge in [-0.1, -0.05) is 25.7 Å². The van der Waals surface area contributed by atoms with Crippen LogP contribution in [-0.4, -0.2) is 22.8 Å². The summed E-state index contributed by atoms with van der Waals surface area (Å²) in [6.45, 7) is 5.35. The number of hydrogen-bond donors (Lipinski definition) is 2. The summed E-state index contributed by atoms with van der Waals surface area (Å²) in [4.78, 5) is 0. The van der Waals surface area contributed by atoms with E-state index in [9.17, 15) is 5.11 Å². The molecule has 2 nitrogen and oxygen atoms in total. The van der Waals surface area contributed by atoms with Crippen LogP contribution in [0, 0.1) is 5.92 Å². The van der Waals surface area contributed by atoms with Gasteiger partial charge in [0.2, 0.25) is 0 Å². The summed E-state index contributed by atoms with van der Waals surface area (Å²) in [7, 11) is 0. The van der Waals surface area contributed by atoms with Crippen LogP contribution >= 0.6 is 0 Å². The molecule has 0 aromatic carbocycles. The van der Waals surface area contributed by atoms with Crippen molar-refractivity contribution in [2.24, 2.45) is 5.92 Å². The number of rotatable bonds is 4. The van der Waals surface area contributed by atoms with E-state index in [1.54, 1.807) is 0 Å². The highest BCUT2D eigenvalue weighted by molar-refractivity contribution is 4.96. The first-order valence-corrected chi connectivity index (χ1v) is 6.99. The molecule has 94 valence electrons. The Morgan fingerprint density at radius 2 is 1.69 bits per heavy atom. The van der Waals surface area contributed by atoms with E-state index in [1.807, 2.05) is 0 Å². The SMILES string of the molecule is CC(C)(NCC1(O)CCCCCC1)C1CC1. The normalized spacial score (nSPS) is 26.4. The fourth-order valence-corrected chi connectivity index (χ4v) is 2.91. The summed E-state index contributed by atoms with van der Waals surface area (Å²) in [5.74, 6) is 0.835. The third-order valence-corrected chi connectivity index (χ3v) is 4.51. The minimum atomic E-state index is -0.428. The minimum Gasteiger partial charge on any atom is -0.389 e. The summed E-state index contributed by atoms with van der Waals surface area (Å²) in [6, 6.07) is 0. The molecule has 16 heavy (non-hydrogen) atoms. The van der Waals surface area contributed by atoms with Crippen LogP contribution in [-0.2, 0) is 0 Å². The topological polar surface area (TPSA) is 32.3 Å². The molecule has 0 radical (unpaired) electrons. The van der Waals surface area contributed by atoms with E-state index in [-0.39, 0.29) is 5.54 Å². The predicted octanol–water partition coefficient (Wildman–Crippen LogP) is 2.85. The van der Waals surface area contributed by atoms with E-state index < -0.39 is 5.60 Å². The monoisotopic (exact) mass is 225 g/mol. The van der Waals surface area contributed by atoms with Crippen molar-refractivity contribution in [1.82, 2.24) is 5.32 Å². The number of aliphatic hydroxyl groups is 1. The first kappa shape index (κ1) is 12.4. The van der Waals surface area contributed by atoms with Gasteiger partial charge >= 0.3 is 0 Å². The van der Waals surface area contributed by atoms with Gasteiger partial charge < -0.3 is 10.4 Å². The summed E-state index contributed by atoms with van der Waals surface area (Å²) < 4.78 is 0. The van der Waals surface area contributed by atoms with Crippen LogP contribution in [0.2, 0.25) is 0 Å². The molecule has 2 aliphatic rings. The van der Waals surface area contributed by atoms with Gasteiger partial charge in [-0.2, -0.15) is 0 Å². The van der Waals surface area contributed by atoms with E-state index in [2.05, 4.69) is 19.2 Å². The molecule has 0 spiro atoms. The van der Waals surface area contributed by atoms with Crippen molar-refractivity contribution in [2.45, 2.75) is 76.4 Å². The molecule has 0 aliphatic heterocycles. The fraction of sp³-hybridized carbons (Fsp3) is 1.00. The molecule has 0 amide bonds. The Labute approximate surface area is 99.8 Å². The molecule has 2 heteroatoms. The molecular formula is C14H27NO. The van der Waals surface area contributed by atoms with Gasteiger partial charge in [0.1, 0.15) is 0 Å². The quantitative estimate of drug-likeness (QED) is 0.721. The van der Waals surface area contributed by atoms with Crippen molar-refractivity contribution in [3.8, 4) is 0 Å².